The molecule has 0 aliphatic carbocycles. The van der Waals surface area contributed by atoms with E-state index in [4.69, 9.17) is 14.7 Å². The van der Waals surface area contributed by atoms with E-state index in [0.29, 0.717) is 22.7 Å². The summed E-state index contributed by atoms with van der Waals surface area (Å²) in [5.41, 5.74) is 1.04. The van der Waals surface area contributed by atoms with Crippen LogP contribution in [0.3, 0.4) is 0 Å². The van der Waals surface area contributed by atoms with Gasteiger partial charge in [-0.15, -0.1) is 0 Å². The average Bonchev–Trinajstić information content (AvgIpc) is 2.70. The summed E-state index contributed by atoms with van der Waals surface area (Å²) in [7, 11) is 1.52. The molecule has 0 saturated heterocycles. The van der Waals surface area contributed by atoms with Crippen LogP contribution in [0, 0.1) is 11.3 Å². The Morgan fingerprint density at radius 2 is 2.12 bits per heavy atom. The third kappa shape index (κ3) is 3.59. The van der Waals surface area contributed by atoms with E-state index < -0.39 is 6.10 Å². The SMILES string of the molecule is CNC(=O)[C@@H]1CN(C(=O)COc2cccc(C#N)c2)c2ccccc2O1. The van der Waals surface area contributed by atoms with Gasteiger partial charge < -0.3 is 19.7 Å². The Hall–Kier alpha value is -3.53. The summed E-state index contributed by atoms with van der Waals surface area (Å²) in [5.74, 6) is 0.283. The third-order valence-electron chi connectivity index (χ3n) is 3.94. The van der Waals surface area contributed by atoms with Gasteiger partial charge in [0.25, 0.3) is 11.8 Å². The summed E-state index contributed by atoms with van der Waals surface area (Å²) in [6, 6.07) is 15.6. The first kappa shape index (κ1) is 17.3. The Morgan fingerprint density at radius 3 is 2.88 bits per heavy atom. The van der Waals surface area contributed by atoms with Crippen molar-refractivity contribution in [1.29, 1.82) is 5.26 Å². The number of fused-ring (bicyclic) bond motifs is 1. The van der Waals surface area contributed by atoms with Crippen LogP contribution >= 0.6 is 0 Å². The van der Waals surface area contributed by atoms with Gasteiger partial charge in [0.15, 0.2) is 12.7 Å². The van der Waals surface area contributed by atoms with Crippen LogP contribution < -0.4 is 19.7 Å². The number of nitrogens with zero attached hydrogens (tertiary/aromatic N) is 2. The Bertz CT molecular complexity index is 875. The van der Waals surface area contributed by atoms with Gasteiger partial charge in [0.2, 0.25) is 0 Å². The van der Waals surface area contributed by atoms with Crippen molar-refractivity contribution in [2.24, 2.45) is 0 Å². The van der Waals surface area contributed by atoms with Gasteiger partial charge in [0.1, 0.15) is 11.5 Å². The molecule has 1 aliphatic heterocycles. The molecule has 0 saturated carbocycles. The van der Waals surface area contributed by atoms with E-state index in [2.05, 4.69) is 5.32 Å². The number of ether oxygens (including phenoxy) is 2. The number of benzene rings is 2. The maximum absolute atomic E-state index is 12.7. The van der Waals surface area contributed by atoms with Crippen LogP contribution in [0.4, 0.5) is 5.69 Å². The van der Waals surface area contributed by atoms with E-state index in [-0.39, 0.29) is 25.0 Å². The number of nitriles is 1. The molecule has 0 fully saturated rings. The molecule has 1 atom stereocenters. The number of hydrogen-bond acceptors (Lipinski definition) is 5. The van der Waals surface area contributed by atoms with Crippen LogP contribution in [0.15, 0.2) is 48.5 Å². The average molecular weight is 351 g/mol. The van der Waals surface area contributed by atoms with Gasteiger partial charge in [-0.1, -0.05) is 18.2 Å². The van der Waals surface area contributed by atoms with Crippen molar-refractivity contribution in [1.82, 2.24) is 5.32 Å². The fourth-order valence-electron chi connectivity index (χ4n) is 2.65. The highest BCUT2D eigenvalue weighted by molar-refractivity contribution is 5.98. The van der Waals surface area contributed by atoms with Gasteiger partial charge in [0.05, 0.1) is 23.9 Å². The fraction of sp³-hybridized carbons (Fsp3) is 0.211. The van der Waals surface area contributed by atoms with Crippen molar-refractivity contribution in [3.05, 3.63) is 54.1 Å². The molecule has 1 N–H and O–H groups in total. The Labute approximate surface area is 150 Å². The molecule has 0 unspecified atom stereocenters. The molecule has 7 heteroatoms. The minimum Gasteiger partial charge on any atom is -0.484 e. The number of para-hydroxylation sites is 2. The largest absolute Gasteiger partial charge is 0.484 e. The van der Waals surface area contributed by atoms with Crippen LogP contribution in [-0.2, 0) is 9.59 Å². The molecule has 0 radical (unpaired) electrons. The highest BCUT2D eigenvalue weighted by atomic mass is 16.5. The van der Waals surface area contributed by atoms with Gasteiger partial charge >= 0.3 is 0 Å². The lowest BCUT2D eigenvalue weighted by Crippen LogP contribution is -2.51. The molecule has 7 nitrogen and oxygen atoms in total. The molecular formula is C19H17N3O4. The highest BCUT2D eigenvalue weighted by Gasteiger charge is 2.33. The van der Waals surface area contributed by atoms with E-state index >= 15 is 0 Å². The maximum Gasteiger partial charge on any atom is 0.265 e. The predicted molar refractivity (Wildman–Crippen MR) is 93.9 cm³/mol. The summed E-state index contributed by atoms with van der Waals surface area (Å²) in [6.07, 6.45) is -0.791. The van der Waals surface area contributed by atoms with Crippen molar-refractivity contribution in [2.45, 2.75) is 6.10 Å². The van der Waals surface area contributed by atoms with E-state index in [9.17, 15) is 9.59 Å². The predicted octanol–water partition coefficient (Wildman–Crippen LogP) is 1.48. The highest BCUT2D eigenvalue weighted by Crippen LogP contribution is 2.33. The van der Waals surface area contributed by atoms with E-state index in [1.807, 2.05) is 6.07 Å². The summed E-state index contributed by atoms with van der Waals surface area (Å²) in [5, 5.41) is 11.5. The zero-order chi connectivity index (χ0) is 18.5. The zero-order valence-corrected chi connectivity index (χ0v) is 14.1. The Kier molecular flexibility index (Phi) is 5.04. The van der Waals surface area contributed by atoms with Crippen LogP contribution in [-0.4, -0.2) is 38.1 Å². The number of carbonyl (C=O) groups excluding carboxylic acids is 2. The van der Waals surface area contributed by atoms with Gasteiger partial charge in [0, 0.05) is 7.05 Å². The molecule has 132 valence electrons. The van der Waals surface area contributed by atoms with Crippen molar-refractivity contribution in [3.63, 3.8) is 0 Å². The zero-order valence-electron chi connectivity index (χ0n) is 14.1. The van der Waals surface area contributed by atoms with Crippen molar-refractivity contribution >= 4 is 17.5 Å². The molecule has 2 aromatic carbocycles. The summed E-state index contributed by atoms with van der Waals surface area (Å²) in [4.78, 5) is 26.1. The lowest BCUT2D eigenvalue weighted by atomic mass is 10.1. The lowest BCUT2D eigenvalue weighted by Gasteiger charge is -2.33. The summed E-state index contributed by atoms with van der Waals surface area (Å²) in [6.45, 7) is -0.124. The lowest BCUT2D eigenvalue weighted by molar-refractivity contribution is -0.128. The topological polar surface area (TPSA) is 91.7 Å². The number of carbonyl (C=O) groups is 2. The Morgan fingerprint density at radius 1 is 1.31 bits per heavy atom. The fourth-order valence-corrected chi connectivity index (χ4v) is 2.65. The smallest absolute Gasteiger partial charge is 0.265 e. The molecule has 1 heterocycles. The number of likely N-dealkylation sites (N-methyl/N-ethyl adjacent to an activating group) is 1. The van der Waals surface area contributed by atoms with Gasteiger partial charge in [-0.2, -0.15) is 5.26 Å². The molecule has 0 bridgehead atoms. The van der Waals surface area contributed by atoms with E-state index in [0.717, 1.165) is 0 Å². The van der Waals surface area contributed by atoms with E-state index in [1.165, 1.54) is 11.9 Å². The van der Waals surface area contributed by atoms with Crippen LogP contribution in [0.2, 0.25) is 0 Å². The second-order valence-electron chi connectivity index (χ2n) is 5.62. The number of nitrogens with one attached hydrogen (secondary N) is 1. The normalized spacial score (nSPS) is 15.2. The van der Waals surface area contributed by atoms with E-state index in [1.54, 1.807) is 48.5 Å². The van der Waals surface area contributed by atoms with Gasteiger partial charge in [-0.3, -0.25) is 9.59 Å². The van der Waals surface area contributed by atoms with Gasteiger partial charge in [-0.25, -0.2) is 0 Å². The molecule has 3 rings (SSSR count). The second-order valence-corrected chi connectivity index (χ2v) is 5.62. The first-order valence-electron chi connectivity index (χ1n) is 8.03. The van der Waals surface area contributed by atoms with Crippen LogP contribution in [0.25, 0.3) is 0 Å². The molecular weight excluding hydrogens is 334 g/mol. The van der Waals surface area contributed by atoms with Gasteiger partial charge in [-0.05, 0) is 30.3 Å². The summed E-state index contributed by atoms with van der Waals surface area (Å²) < 4.78 is 11.2. The monoisotopic (exact) mass is 351 g/mol. The minimum absolute atomic E-state index is 0.0944. The number of anilines is 1. The number of hydrogen-bond donors (Lipinski definition) is 1. The minimum atomic E-state index is -0.791. The third-order valence-corrected chi connectivity index (χ3v) is 3.94. The molecule has 0 spiro atoms. The van der Waals surface area contributed by atoms with Crippen molar-refractivity contribution < 1.29 is 19.1 Å². The standard InChI is InChI=1S/C19H17N3O4/c1-21-19(24)17-11-22(15-7-2-3-8-16(15)26-17)18(23)12-25-14-6-4-5-13(9-14)10-20/h2-9,17H,11-12H2,1H3,(H,21,24)/t17-/m0/s1. The molecule has 1 aliphatic rings. The summed E-state index contributed by atoms with van der Waals surface area (Å²) >= 11 is 0. The Balaban J connectivity index is 1.76. The quantitative estimate of drug-likeness (QED) is 0.901. The van der Waals surface area contributed by atoms with Crippen LogP contribution in [0.1, 0.15) is 5.56 Å². The van der Waals surface area contributed by atoms with Crippen molar-refractivity contribution in [2.75, 3.05) is 25.1 Å². The first-order valence-corrected chi connectivity index (χ1v) is 8.03. The molecule has 2 aromatic rings. The first-order chi connectivity index (χ1) is 12.6. The van der Waals surface area contributed by atoms with Crippen molar-refractivity contribution in [3.8, 4) is 17.6 Å². The number of rotatable bonds is 4. The molecule has 2 amide bonds. The second kappa shape index (κ2) is 7.57. The molecule has 0 aromatic heterocycles. The molecule has 26 heavy (non-hydrogen) atoms. The maximum atomic E-state index is 12.7. The van der Waals surface area contributed by atoms with Crippen LogP contribution in [0.5, 0.6) is 11.5 Å². The number of amides is 2.